The molecule has 1 saturated heterocycles. The van der Waals surface area contributed by atoms with E-state index in [2.05, 4.69) is 9.88 Å². The van der Waals surface area contributed by atoms with Gasteiger partial charge < -0.3 is 23.9 Å². The summed E-state index contributed by atoms with van der Waals surface area (Å²) in [7, 11) is 1.89. The van der Waals surface area contributed by atoms with Crippen molar-refractivity contribution in [2.24, 2.45) is 7.05 Å². The molecule has 4 aromatic rings. The molecule has 4 heterocycles. The lowest BCUT2D eigenvalue weighted by atomic mass is 9.93. The number of rotatable bonds is 7. The highest BCUT2D eigenvalue weighted by Gasteiger charge is 2.28. The van der Waals surface area contributed by atoms with Gasteiger partial charge >= 0.3 is 5.97 Å². The number of aromatic nitrogens is 3. The zero-order chi connectivity index (χ0) is 28.5. The van der Waals surface area contributed by atoms with E-state index in [0.29, 0.717) is 48.0 Å². The van der Waals surface area contributed by atoms with Gasteiger partial charge in [0, 0.05) is 30.3 Å². The molecular weight excluding hydrogens is 529 g/mol. The van der Waals surface area contributed by atoms with Crippen molar-refractivity contribution in [3.05, 3.63) is 76.5 Å². The molecule has 0 bridgehead atoms. The zero-order valence-electron chi connectivity index (χ0n) is 22.5. The van der Waals surface area contributed by atoms with Gasteiger partial charge in [-0.15, -0.1) is 0 Å². The Bertz CT molecular complexity index is 1670. The van der Waals surface area contributed by atoms with Crippen LogP contribution in [0.4, 0.5) is 4.39 Å². The van der Waals surface area contributed by atoms with Crippen LogP contribution in [0.1, 0.15) is 51.8 Å². The Labute approximate surface area is 235 Å². The summed E-state index contributed by atoms with van der Waals surface area (Å²) in [5.74, 6) is 0.602. The number of ether oxygens (including phenoxy) is 3. The van der Waals surface area contributed by atoms with E-state index in [4.69, 9.17) is 24.5 Å². The number of hydrogen-bond donors (Lipinski definition) is 1. The standard InChI is InChI=1S/C30H28FN5O5/c1-35-24-14-21(30(37)38)28-29(40-12-11-39-28)27(24)34-25(35)16-36-9-7-19(8-10-36)23-3-2-4-26(33-23)41-17-20-6-5-18(15-32)13-22(20)31/h2-6,13-14,19H,7-12,16-17H2,1H3,(H,37,38). The summed E-state index contributed by atoms with van der Waals surface area (Å²) in [6, 6.07) is 13.5. The fraction of sp³-hybridized carbons (Fsp3) is 0.333. The molecule has 0 aliphatic carbocycles. The molecule has 2 aliphatic heterocycles. The van der Waals surface area contributed by atoms with Crippen LogP contribution < -0.4 is 14.2 Å². The molecular formula is C30H28FN5O5. The van der Waals surface area contributed by atoms with Crippen LogP contribution in [0, 0.1) is 17.1 Å². The topological polar surface area (TPSA) is 123 Å². The molecule has 0 radical (unpaired) electrons. The molecule has 210 valence electrons. The second-order valence-corrected chi connectivity index (χ2v) is 10.2. The van der Waals surface area contributed by atoms with E-state index in [1.165, 1.54) is 6.07 Å². The third-order valence-corrected chi connectivity index (χ3v) is 7.66. The maximum Gasteiger partial charge on any atom is 0.339 e. The quantitative estimate of drug-likeness (QED) is 0.352. The largest absolute Gasteiger partial charge is 0.485 e. The number of nitrogens with zero attached hydrogens (tertiary/aromatic N) is 5. The normalized spacial score (nSPS) is 15.5. The van der Waals surface area contributed by atoms with Crippen LogP contribution in [0.5, 0.6) is 17.4 Å². The van der Waals surface area contributed by atoms with Gasteiger partial charge in [0.2, 0.25) is 5.88 Å². The van der Waals surface area contributed by atoms with E-state index < -0.39 is 11.8 Å². The number of benzene rings is 2. The number of nitriles is 1. The molecule has 0 atom stereocenters. The molecule has 41 heavy (non-hydrogen) atoms. The van der Waals surface area contributed by atoms with Crippen LogP contribution in [0.25, 0.3) is 11.0 Å². The predicted octanol–water partition coefficient (Wildman–Crippen LogP) is 4.41. The molecule has 0 spiro atoms. The first-order chi connectivity index (χ1) is 19.9. The number of imidazole rings is 1. The highest BCUT2D eigenvalue weighted by atomic mass is 19.1. The Morgan fingerprint density at radius 2 is 1.93 bits per heavy atom. The Balaban J connectivity index is 1.11. The summed E-state index contributed by atoms with van der Waals surface area (Å²) in [6.07, 6.45) is 1.81. The maximum atomic E-state index is 14.2. The van der Waals surface area contributed by atoms with Gasteiger partial charge in [-0.2, -0.15) is 5.26 Å². The Kier molecular flexibility index (Phi) is 7.15. The van der Waals surface area contributed by atoms with Crippen LogP contribution in [-0.2, 0) is 20.2 Å². The van der Waals surface area contributed by atoms with Crippen molar-refractivity contribution in [1.82, 2.24) is 19.4 Å². The first-order valence-corrected chi connectivity index (χ1v) is 13.4. The Morgan fingerprint density at radius 1 is 1.15 bits per heavy atom. The SMILES string of the molecule is Cn1c(CN2CCC(c3cccc(OCc4ccc(C#N)cc4F)n3)CC2)nc2c3c(c(C(=O)O)cc21)OCCO3. The number of likely N-dealkylation sites (tertiary alicyclic amines) is 1. The summed E-state index contributed by atoms with van der Waals surface area (Å²) < 4.78 is 33.3. The summed E-state index contributed by atoms with van der Waals surface area (Å²) in [4.78, 5) is 23.7. The molecule has 1 fully saturated rings. The number of carboxylic acid groups (broad SMARTS) is 1. The summed E-state index contributed by atoms with van der Waals surface area (Å²) in [5.41, 5.74) is 2.95. The molecule has 0 saturated carbocycles. The second-order valence-electron chi connectivity index (χ2n) is 10.2. The number of aromatic carboxylic acids is 1. The first kappa shape index (κ1) is 26.5. The Morgan fingerprint density at radius 3 is 2.66 bits per heavy atom. The van der Waals surface area contributed by atoms with Gasteiger partial charge in [-0.3, -0.25) is 4.90 Å². The molecule has 2 aromatic heterocycles. The first-order valence-electron chi connectivity index (χ1n) is 13.4. The molecule has 2 aromatic carbocycles. The number of aryl methyl sites for hydroxylation is 1. The van der Waals surface area contributed by atoms with Crippen molar-refractivity contribution in [1.29, 1.82) is 5.26 Å². The van der Waals surface area contributed by atoms with Crippen molar-refractivity contribution in [3.63, 3.8) is 0 Å². The zero-order valence-corrected chi connectivity index (χ0v) is 22.5. The number of piperidine rings is 1. The van der Waals surface area contributed by atoms with Crippen LogP contribution in [0.2, 0.25) is 0 Å². The molecule has 6 rings (SSSR count). The highest BCUT2D eigenvalue weighted by molar-refractivity contribution is 5.99. The van der Waals surface area contributed by atoms with Crippen LogP contribution in [-0.4, -0.2) is 56.8 Å². The lowest BCUT2D eigenvalue weighted by Gasteiger charge is -2.31. The number of halogens is 1. The van der Waals surface area contributed by atoms with E-state index >= 15 is 0 Å². The minimum Gasteiger partial charge on any atom is -0.485 e. The molecule has 11 heteroatoms. The van der Waals surface area contributed by atoms with E-state index in [0.717, 1.165) is 37.4 Å². The predicted molar refractivity (Wildman–Crippen MR) is 146 cm³/mol. The second kappa shape index (κ2) is 11.1. The number of hydrogen-bond acceptors (Lipinski definition) is 8. The average Bonchev–Trinajstić information content (AvgIpc) is 3.31. The number of carbonyl (C=O) groups is 1. The minimum absolute atomic E-state index is 0.0266. The molecule has 1 N–H and O–H groups in total. The molecule has 10 nitrogen and oxygen atoms in total. The van der Waals surface area contributed by atoms with Crippen LogP contribution in [0.15, 0.2) is 42.5 Å². The van der Waals surface area contributed by atoms with Gasteiger partial charge in [0.1, 0.15) is 42.5 Å². The number of fused-ring (bicyclic) bond motifs is 3. The van der Waals surface area contributed by atoms with Crippen molar-refractivity contribution < 1.29 is 28.5 Å². The molecule has 2 aliphatic rings. The van der Waals surface area contributed by atoms with E-state index in [1.54, 1.807) is 24.3 Å². The third kappa shape index (κ3) is 5.26. The maximum absolute atomic E-state index is 14.2. The highest BCUT2D eigenvalue weighted by Crippen LogP contribution is 2.41. The van der Waals surface area contributed by atoms with Gasteiger partial charge in [-0.05, 0) is 50.2 Å². The van der Waals surface area contributed by atoms with Crippen LogP contribution >= 0.6 is 0 Å². The fourth-order valence-corrected chi connectivity index (χ4v) is 5.40. The lowest BCUT2D eigenvalue weighted by molar-refractivity contribution is 0.0686. The third-order valence-electron chi connectivity index (χ3n) is 7.66. The smallest absolute Gasteiger partial charge is 0.339 e. The van der Waals surface area contributed by atoms with Crippen molar-refractivity contribution >= 4 is 17.0 Å². The van der Waals surface area contributed by atoms with Gasteiger partial charge in [0.15, 0.2) is 11.5 Å². The Hall–Kier alpha value is -4.69. The van der Waals surface area contributed by atoms with Crippen molar-refractivity contribution in [2.45, 2.75) is 31.9 Å². The van der Waals surface area contributed by atoms with Crippen LogP contribution in [0.3, 0.4) is 0 Å². The summed E-state index contributed by atoms with van der Waals surface area (Å²) in [5, 5.41) is 18.6. The van der Waals surface area contributed by atoms with E-state index in [9.17, 15) is 14.3 Å². The lowest BCUT2D eigenvalue weighted by Crippen LogP contribution is -2.33. The van der Waals surface area contributed by atoms with E-state index in [1.807, 2.05) is 29.8 Å². The van der Waals surface area contributed by atoms with E-state index in [-0.39, 0.29) is 29.4 Å². The van der Waals surface area contributed by atoms with Gasteiger partial charge in [-0.25, -0.2) is 19.2 Å². The molecule has 0 amide bonds. The number of carboxylic acids is 1. The monoisotopic (exact) mass is 557 g/mol. The average molecular weight is 558 g/mol. The van der Waals surface area contributed by atoms with Gasteiger partial charge in [0.25, 0.3) is 0 Å². The summed E-state index contributed by atoms with van der Waals surface area (Å²) >= 11 is 0. The van der Waals surface area contributed by atoms with Gasteiger partial charge in [0.05, 0.1) is 23.7 Å². The molecule has 0 unspecified atom stereocenters. The van der Waals surface area contributed by atoms with Gasteiger partial charge in [-0.1, -0.05) is 12.1 Å². The van der Waals surface area contributed by atoms with Crippen molar-refractivity contribution in [2.75, 3.05) is 26.3 Å². The minimum atomic E-state index is -1.07. The number of pyridine rings is 1. The summed E-state index contributed by atoms with van der Waals surface area (Å²) in [6.45, 7) is 2.97. The van der Waals surface area contributed by atoms with Crippen molar-refractivity contribution in [3.8, 4) is 23.4 Å². The fourth-order valence-electron chi connectivity index (χ4n) is 5.40.